The molecule has 4 rings (SSSR count). The quantitative estimate of drug-likeness (QED) is 0.741. The van der Waals surface area contributed by atoms with E-state index < -0.39 is 0 Å². The molecule has 0 aromatic carbocycles. The minimum absolute atomic E-state index is 0.0193. The van der Waals surface area contributed by atoms with Crippen LogP contribution < -0.4 is 5.32 Å². The topological polar surface area (TPSA) is 86.6 Å². The summed E-state index contributed by atoms with van der Waals surface area (Å²) in [6, 6.07) is 3.95. The highest BCUT2D eigenvalue weighted by Crippen LogP contribution is 2.22. The highest BCUT2D eigenvalue weighted by Gasteiger charge is 2.28. The zero-order valence-electron chi connectivity index (χ0n) is 17.0. The maximum Gasteiger partial charge on any atom is 0.268 e. The lowest BCUT2D eigenvalue weighted by molar-refractivity contribution is -0.134. The largest absolute Gasteiger partial charge is 0.339 e. The number of likely N-dealkylation sites (tertiary alicyclic amines) is 1. The molecule has 4 heterocycles. The molecule has 2 fully saturated rings. The summed E-state index contributed by atoms with van der Waals surface area (Å²) in [6.45, 7) is 5.72. The van der Waals surface area contributed by atoms with Gasteiger partial charge in [-0.2, -0.15) is 0 Å². The van der Waals surface area contributed by atoms with Gasteiger partial charge in [0.25, 0.3) is 5.91 Å². The molecule has 2 amide bonds. The van der Waals surface area contributed by atoms with Crippen LogP contribution in [-0.2, 0) is 11.3 Å². The van der Waals surface area contributed by atoms with Crippen molar-refractivity contribution in [1.29, 1.82) is 0 Å². The van der Waals surface area contributed by atoms with E-state index >= 15 is 0 Å². The minimum Gasteiger partial charge on any atom is -0.339 e. The van der Waals surface area contributed by atoms with E-state index in [1.165, 1.54) is 35.2 Å². The maximum absolute atomic E-state index is 12.7. The molecule has 2 aliphatic heterocycles. The first-order valence-electron chi connectivity index (χ1n) is 10.1. The number of nitrogens with one attached hydrogen (secondary N) is 1. The number of thiophene rings is 1. The van der Waals surface area contributed by atoms with Crippen molar-refractivity contribution in [3.63, 3.8) is 0 Å². The smallest absolute Gasteiger partial charge is 0.268 e. The van der Waals surface area contributed by atoms with E-state index in [9.17, 15) is 9.59 Å². The number of piperazine rings is 1. The molecule has 0 atom stereocenters. The molecule has 1 N–H and O–H groups in total. The summed E-state index contributed by atoms with van der Waals surface area (Å²) in [7, 11) is 2.17. The van der Waals surface area contributed by atoms with Crippen LogP contribution in [0.3, 0.4) is 0 Å². The Bertz CT molecular complexity index is 885. The number of anilines is 1. The lowest BCUT2D eigenvalue weighted by atomic mass is 10.0. The summed E-state index contributed by atoms with van der Waals surface area (Å²) in [6.07, 6.45) is 3.87. The van der Waals surface area contributed by atoms with Gasteiger partial charge in [-0.25, -0.2) is 9.67 Å². The third kappa shape index (κ3) is 5.18. The number of piperidine rings is 1. The number of halogens is 1. The van der Waals surface area contributed by atoms with Crippen LogP contribution in [0.1, 0.15) is 22.5 Å². The number of hydrogen-bond acceptors (Lipinski definition) is 7. The normalized spacial score (nSPS) is 19.2. The Balaban J connectivity index is 1.24. The number of hydrogen-bond donors (Lipinski definition) is 1. The van der Waals surface area contributed by atoms with Gasteiger partial charge in [-0.15, -0.1) is 16.4 Å². The fourth-order valence-corrected chi connectivity index (χ4v) is 4.90. The van der Waals surface area contributed by atoms with Crippen LogP contribution in [0.15, 0.2) is 18.5 Å². The number of carbonyl (C=O) groups excluding carboxylic acids is 2. The van der Waals surface area contributed by atoms with E-state index in [0.29, 0.717) is 15.3 Å². The van der Waals surface area contributed by atoms with E-state index in [-0.39, 0.29) is 24.3 Å². The van der Waals surface area contributed by atoms with Gasteiger partial charge in [0.2, 0.25) is 11.9 Å². The van der Waals surface area contributed by atoms with Gasteiger partial charge >= 0.3 is 0 Å². The summed E-state index contributed by atoms with van der Waals surface area (Å²) < 4.78 is 2.00. The van der Waals surface area contributed by atoms with E-state index in [0.717, 1.165) is 39.3 Å². The van der Waals surface area contributed by atoms with Crippen molar-refractivity contribution < 1.29 is 9.59 Å². The van der Waals surface area contributed by atoms with Gasteiger partial charge in [-0.3, -0.25) is 19.8 Å². The van der Waals surface area contributed by atoms with Gasteiger partial charge in [0.05, 0.1) is 9.21 Å². The van der Waals surface area contributed by atoms with Crippen LogP contribution in [0.5, 0.6) is 0 Å². The van der Waals surface area contributed by atoms with E-state index in [2.05, 4.69) is 32.2 Å². The lowest BCUT2D eigenvalue weighted by Gasteiger charge is -2.42. The van der Waals surface area contributed by atoms with Gasteiger partial charge in [-0.05, 0) is 45.1 Å². The third-order valence-corrected chi connectivity index (χ3v) is 6.96. The molecule has 2 saturated heterocycles. The summed E-state index contributed by atoms with van der Waals surface area (Å²) in [4.78, 5) is 36.2. The van der Waals surface area contributed by atoms with Crippen molar-refractivity contribution in [3.05, 3.63) is 27.7 Å². The van der Waals surface area contributed by atoms with Gasteiger partial charge in [0.1, 0.15) is 12.9 Å². The van der Waals surface area contributed by atoms with Crippen LogP contribution >= 0.6 is 22.9 Å². The van der Waals surface area contributed by atoms with Crippen LogP contribution in [0.4, 0.5) is 5.95 Å². The molecule has 30 heavy (non-hydrogen) atoms. The Kier molecular flexibility index (Phi) is 6.67. The molecule has 0 spiro atoms. The number of rotatable bonds is 5. The molecule has 162 valence electrons. The molecule has 0 unspecified atom stereocenters. The molecule has 2 aliphatic rings. The molecule has 0 aliphatic carbocycles. The monoisotopic (exact) mass is 451 g/mol. The zero-order valence-corrected chi connectivity index (χ0v) is 18.5. The summed E-state index contributed by atoms with van der Waals surface area (Å²) in [5.74, 6) is -0.128. The Morgan fingerprint density at radius 3 is 2.57 bits per heavy atom. The van der Waals surface area contributed by atoms with Gasteiger partial charge in [0.15, 0.2) is 0 Å². The number of carbonyl (C=O) groups is 2. The second-order valence-electron chi connectivity index (χ2n) is 7.77. The number of aromatic nitrogens is 3. The second-order valence-corrected chi connectivity index (χ2v) is 9.49. The van der Waals surface area contributed by atoms with Crippen LogP contribution in [0, 0.1) is 0 Å². The molecular weight excluding hydrogens is 426 g/mol. The first-order chi connectivity index (χ1) is 14.5. The van der Waals surface area contributed by atoms with E-state index in [4.69, 9.17) is 11.6 Å². The molecule has 0 saturated carbocycles. The van der Waals surface area contributed by atoms with E-state index in [1.807, 2.05) is 4.90 Å². The fourth-order valence-electron chi connectivity index (χ4n) is 3.96. The summed E-state index contributed by atoms with van der Waals surface area (Å²) >= 11 is 7.04. The predicted molar refractivity (Wildman–Crippen MR) is 116 cm³/mol. The van der Waals surface area contributed by atoms with Crippen LogP contribution in [-0.4, -0.2) is 93.6 Å². The molecule has 2 aromatic heterocycles. The predicted octanol–water partition coefficient (Wildman–Crippen LogP) is 1.48. The Labute approximate surface area is 184 Å². The Hall–Kier alpha value is -2.01. The molecular formula is C19H26ClN7O2S. The van der Waals surface area contributed by atoms with E-state index in [1.54, 1.807) is 12.1 Å². The standard InChI is InChI=1S/C19H26ClN7O2S/c1-24-6-4-14(5-7-24)25-8-10-26(11-9-25)17(28)12-27-13-21-19(23-27)22-18(29)15-2-3-16(20)30-15/h2-3,13-14H,4-12H2,1H3,(H,22,23,29). The van der Waals surface area contributed by atoms with Crippen molar-refractivity contribution in [2.24, 2.45) is 0 Å². The van der Waals surface area contributed by atoms with Crippen molar-refractivity contribution in [2.45, 2.75) is 25.4 Å². The molecule has 2 aromatic rings. The molecule has 0 bridgehead atoms. The first kappa shape index (κ1) is 21.2. The van der Waals surface area contributed by atoms with Gasteiger partial charge in [-0.1, -0.05) is 11.6 Å². The summed E-state index contributed by atoms with van der Waals surface area (Å²) in [5, 5.41) is 6.82. The second kappa shape index (κ2) is 9.42. The Morgan fingerprint density at radius 1 is 1.17 bits per heavy atom. The first-order valence-corrected chi connectivity index (χ1v) is 11.3. The Morgan fingerprint density at radius 2 is 1.90 bits per heavy atom. The summed E-state index contributed by atoms with van der Waals surface area (Å²) in [5.41, 5.74) is 0. The SMILES string of the molecule is CN1CCC(N2CCN(C(=O)Cn3cnc(NC(=O)c4ccc(Cl)s4)n3)CC2)CC1. The third-order valence-electron chi connectivity index (χ3n) is 5.73. The average Bonchev–Trinajstić information content (AvgIpc) is 3.37. The molecule has 9 nitrogen and oxygen atoms in total. The average molecular weight is 452 g/mol. The van der Waals surface area contributed by atoms with Gasteiger partial charge < -0.3 is 9.80 Å². The van der Waals surface area contributed by atoms with Crippen LogP contribution in [0.2, 0.25) is 4.34 Å². The van der Waals surface area contributed by atoms with Crippen molar-refractivity contribution in [3.8, 4) is 0 Å². The van der Waals surface area contributed by atoms with Crippen molar-refractivity contribution in [2.75, 3.05) is 51.6 Å². The molecule has 0 radical (unpaired) electrons. The maximum atomic E-state index is 12.7. The zero-order chi connectivity index (χ0) is 21.1. The van der Waals surface area contributed by atoms with Gasteiger partial charge in [0, 0.05) is 32.2 Å². The van der Waals surface area contributed by atoms with Crippen molar-refractivity contribution >= 4 is 40.7 Å². The number of amides is 2. The molecule has 11 heteroatoms. The van der Waals surface area contributed by atoms with Crippen molar-refractivity contribution in [1.82, 2.24) is 29.5 Å². The highest BCUT2D eigenvalue weighted by molar-refractivity contribution is 7.18. The number of nitrogens with zero attached hydrogens (tertiary/aromatic N) is 6. The van der Waals surface area contributed by atoms with Crippen LogP contribution in [0.25, 0.3) is 0 Å². The lowest BCUT2D eigenvalue weighted by Crippen LogP contribution is -2.54. The fraction of sp³-hybridized carbons (Fsp3) is 0.579. The minimum atomic E-state index is -0.319. The highest BCUT2D eigenvalue weighted by atomic mass is 35.5.